The molecule has 0 amide bonds. The summed E-state index contributed by atoms with van der Waals surface area (Å²) in [7, 11) is 0. The first kappa shape index (κ1) is 9.49. The first-order valence-electron chi connectivity index (χ1n) is 2.70. The Kier molecular flexibility index (Phi) is 3.34. The van der Waals surface area contributed by atoms with E-state index < -0.39 is 0 Å². The van der Waals surface area contributed by atoms with E-state index in [2.05, 4.69) is 60.5 Å². The van der Waals surface area contributed by atoms with Crippen molar-refractivity contribution >= 4 is 54.5 Å². The van der Waals surface area contributed by atoms with E-state index >= 15 is 0 Å². The Labute approximate surface area is 95.2 Å². The molecule has 0 heterocycles. The molecule has 0 saturated carbocycles. The van der Waals surface area contributed by atoms with Gasteiger partial charge >= 0.3 is 0 Å². The highest BCUT2D eigenvalue weighted by Crippen LogP contribution is 2.26. The molecule has 0 radical (unpaired) electrons. The Hall–Kier alpha value is 0.400. The molecule has 0 aliphatic heterocycles. The second kappa shape index (κ2) is 3.87. The SMILES string of the molecule is N#Cc1cc(Br)c(I)cc1Br. The van der Waals surface area contributed by atoms with Crippen LogP contribution < -0.4 is 0 Å². The zero-order valence-electron chi connectivity index (χ0n) is 5.24. The van der Waals surface area contributed by atoms with Crippen LogP contribution in [-0.2, 0) is 0 Å². The van der Waals surface area contributed by atoms with Crippen LogP contribution in [0.3, 0.4) is 0 Å². The molecule has 0 fully saturated rings. The fourth-order valence-electron chi connectivity index (χ4n) is 0.608. The van der Waals surface area contributed by atoms with E-state index in [0.717, 1.165) is 12.5 Å². The number of rotatable bonds is 0. The van der Waals surface area contributed by atoms with E-state index in [0.29, 0.717) is 5.56 Å². The van der Waals surface area contributed by atoms with Crippen molar-refractivity contribution in [2.45, 2.75) is 0 Å². The smallest absolute Gasteiger partial charge is 0.100 e. The molecular weight excluding hydrogens is 385 g/mol. The van der Waals surface area contributed by atoms with Crippen LogP contribution in [0.2, 0.25) is 0 Å². The number of hydrogen-bond donors (Lipinski definition) is 0. The van der Waals surface area contributed by atoms with Gasteiger partial charge in [-0.15, -0.1) is 0 Å². The maximum Gasteiger partial charge on any atom is 0.100 e. The van der Waals surface area contributed by atoms with Crippen LogP contribution in [0.4, 0.5) is 0 Å². The summed E-state index contributed by atoms with van der Waals surface area (Å²) in [5.74, 6) is 0. The lowest BCUT2D eigenvalue weighted by molar-refractivity contribution is 1.44. The van der Waals surface area contributed by atoms with Gasteiger partial charge in [0.05, 0.1) is 5.56 Å². The number of benzene rings is 1. The average Bonchev–Trinajstić information content (AvgIpc) is 1.97. The molecule has 1 aromatic carbocycles. The fraction of sp³-hybridized carbons (Fsp3) is 0. The predicted molar refractivity (Wildman–Crippen MR) is 59.3 cm³/mol. The molecule has 4 heteroatoms. The van der Waals surface area contributed by atoms with Crippen LogP contribution in [-0.4, -0.2) is 0 Å². The Morgan fingerprint density at radius 2 is 1.91 bits per heavy atom. The van der Waals surface area contributed by atoms with Crippen LogP contribution in [0.5, 0.6) is 0 Å². The van der Waals surface area contributed by atoms with Gasteiger partial charge in [-0.1, -0.05) is 0 Å². The largest absolute Gasteiger partial charge is 0.192 e. The Morgan fingerprint density at radius 3 is 2.45 bits per heavy atom. The molecule has 1 aromatic rings. The van der Waals surface area contributed by atoms with Gasteiger partial charge in [0, 0.05) is 12.5 Å². The fourth-order valence-corrected chi connectivity index (χ4v) is 2.28. The summed E-state index contributed by atoms with van der Waals surface area (Å²) in [4.78, 5) is 0. The molecule has 0 atom stereocenters. The highest BCUT2D eigenvalue weighted by molar-refractivity contribution is 14.1. The molecule has 0 N–H and O–H groups in total. The van der Waals surface area contributed by atoms with E-state index in [1.165, 1.54) is 0 Å². The minimum absolute atomic E-state index is 0.650. The molecule has 0 aliphatic rings. The number of halogens is 3. The van der Waals surface area contributed by atoms with E-state index in [-0.39, 0.29) is 0 Å². The predicted octanol–water partition coefficient (Wildman–Crippen LogP) is 3.69. The van der Waals surface area contributed by atoms with Crippen molar-refractivity contribution in [1.82, 2.24) is 0 Å². The van der Waals surface area contributed by atoms with Gasteiger partial charge in [0.25, 0.3) is 0 Å². The first-order chi connectivity index (χ1) is 5.15. The lowest BCUT2D eigenvalue weighted by Gasteiger charge is -1.98. The topological polar surface area (TPSA) is 23.8 Å². The van der Waals surface area contributed by atoms with Gasteiger partial charge in [-0.05, 0) is 66.6 Å². The third kappa shape index (κ3) is 2.17. The minimum Gasteiger partial charge on any atom is -0.192 e. The lowest BCUT2D eigenvalue weighted by Crippen LogP contribution is -1.80. The van der Waals surface area contributed by atoms with Gasteiger partial charge in [-0.25, -0.2) is 0 Å². The van der Waals surface area contributed by atoms with Crippen molar-refractivity contribution in [3.8, 4) is 6.07 Å². The zero-order chi connectivity index (χ0) is 8.43. The summed E-state index contributed by atoms with van der Waals surface area (Å²) < 4.78 is 2.89. The van der Waals surface area contributed by atoms with E-state index in [4.69, 9.17) is 5.26 Å². The van der Waals surface area contributed by atoms with Crippen molar-refractivity contribution in [1.29, 1.82) is 5.26 Å². The molecule has 11 heavy (non-hydrogen) atoms. The Bertz CT molecular complexity index is 330. The number of nitrogens with zero attached hydrogens (tertiary/aromatic N) is 1. The van der Waals surface area contributed by atoms with Crippen LogP contribution in [0.1, 0.15) is 5.56 Å². The summed E-state index contributed by atoms with van der Waals surface area (Å²) in [5, 5.41) is 8.63. The minimum atomic E-state index is 0.650. The van der Waals surface area contributed by atoms with Crippen LogP contribution >= 0.6 is 54.5 Å². The third-order valence-corrected chi connectivity index (χ3v) is 4.08. The molecule has 1 nitrogen and oxygen atoms in total. The summed E-state index contributed by atoms with van der Waals surface area (Å²) in [6, 6.07) is 5.79. The maximum atomic E-state index is 8.63. The Balaban J connectivity index is 3.35. The molecule has 0 bridgehead atoms. The van der Waals surface area contributed by atoms with Crippen LogP contribution in [0.15, 0.2) is 21.1 Å². The summed E-state index contributed by atoms with van der Waals surface area (Å²) in [5.41, 5.74) is 0.650. The summed E-state index contributed by atoms with van der Waals surface area (Å²) in [6.07, 6.45) is 0. The molecule has 0 aliphatic carbocycles. The van der Waals surface area contributed by atoms with Crippen LogP contribution in [0.25, 0.3) is 0 Å². The van der Waals surface area contributed by atoms with Crippen molar-refractivity contribution in [2.75, 3.05) is 0 Å². The third-order valence-electron chi connectivity index (χ3n) is 1.13. The molecule has 0 saturated heterocycles. The van der Waals surface area contributed by atoms with E-state index in [1.807, 2.05) is 6.07 Å². The van der Waals surface area contributed by atoms with Gasteiger partial charge in [0.15, 0.2) is 0 Å². The normalized spacial score (nSPS) is 9.27. The second-order valence-electron chi connectivity index (χ2n) is 1.86. The summed E-state index contributed by atoms with van der Waals surface area (Å²) in [6.45, 7) is 0. The number of hydrogen-bond acceptors (Lipinski definition) is 1. The van der Waals surface area contributed by atoms with Crippen molar-refractivity contribution in [3.05, 3.63) is 30.2 Å². The van der Waals surface area contributed by atoms with Crippen molar-refractivity contribution in [3.63, 3.8) is 0 Å². The molecule has 0 spiro atoms. The van der Waals surface area contributed by atoms with Gasteiger partial charge < -0.3 is 0 Å². The first-order valence-corrected chi connectivity index (χ1v) is 5.36. The molecule has 0 unspecified atom stereocenters. The molecule has 0 aromatic heterocycles. The zero-order valence-corrected chi connectivity index (χ0v) is 10.6. The number of nitriles is 1. The molecule has 1 rings (SSSR count). The average molecular weight is 387 g/mol. The quantitative estimate of drug-likeness (QED) is 0.493. The van der Waals surface area contributed by atoms with E-state index in [1.54, 1.807) is 6.07 Å². The van der Waals surface area contributed by atoms with Crippen LogP contribution in [0, 0.1) is 14.9 Å². The lowest BCUT2D eigenvalue weighted by atomic mass is 10.2. The second-order valence-corrected chi connectivity index (χ2v) is 4.73. The monoisotopic (exact) mass is 385 g/mol. The highest BCUT2D eigenvalue weighted by atomic mass is 127. The Morgan fingerprint density at radius 1 is 1.27 bits per heavy atom. The van der Waals surface area contributed by atoms with Gasteiger partial charge in [-0.3, -0.25) is 0 Å². The highest BCUT2D eigenvalue weighted by Gasteiger charge is 2.02. The molecule has 56 valence electrons. The standard InChI is InChI=1S/C7H2Br2IN/c8-5-2-7(10)6(9)1-4(5)3-11/h1-2H. The summed E-state index contributed by atoms with van der Waals surface area (Å²) >= 11 is 8.83. The van der Waals surface area contributed by atoms with Gasteiger partial charge in [-0.2, -0.15) is 5.26 Å². The van der Waals surface area contributed by atoms with Crippen molar-refractivity contribution in [2.24, 2.45) is 0 Å². The van der Waals surface area contributed by atoms with Crippen molar-refractivity contribution < 1.29 is 0 Å². The van der Waals surface area contributed by atoms with E-state index in [9.17, 15) is 0 Å². The van der Waals surface area contributed by atoms with Gasteiger partial charge in [0.1, 0.15) is 6.07 Å². The van der Waals surface area contributed by atoms with Gasteiger partial charge in [0.2, 0.25) is 0 Å². The molecular formula is C7H2Br2IN. The maximum absolute atomic E-state index is 8.63.